The summed E-state index contributed by atoms with van der Waals surface area (Å²) in [5.41, 5.74) is 5.04. The Bertz CT molecular complexity index is 942. The first-order valence-electron chi connectivity index (χ1n) is 8.69. The molecule has 1 heterocycles. The van der Waals surface area contributed by atoms with Gasteiger partial charge in [0, 0.05) is 5.56 Å². The lowest BCUT2D eigenvalue weighted by atomic mass is 10.1. The van der Waals surface area contributed by atoms with Crippen LogP contribution in [-0.4, -0.2) is 13.0 Å². The van der Waals surface area contributed by atoms with E-state index in [1.165, 1.54) is 22.5 Å². The number of ether oxygens (including phenoxy) is 2. The third kappa shape index (κ3) is 4.89. The molecule has 5 heteroatoms. The summed E-state index contributed by atoms with van der Waals surface area (Å²) in [7, 11) is 1.59. The highest BCUT2D eigenvalue weighted by molar-refractivity contribution is 7.12. The van der Waals surface area contributed by atoms with Crippen LogP contribution in [-0.2, 0) is 6.61 Å². The van der Waals surface area contributed by atoms with Crippen LogP contribution in [0.3, 0.4) is 0 Å². The van der Waals surface area contributed by atoms with Gasteiger partial charge in [-0.15, -0.1) is 11.3 Å². The zero-order chi connectivity index (χ0) is 19.4. The van der Waals surface area contributed by atoms with Crippen molar-refractivity contribution in [3.63, 3.8) is 0 Å². The number of benzene rings is 2. The van der Waals surface area contributed by atoms with E-state index in [2.05, 4.69) is 11.4 Å². The summed E-state index contributed by atoms with van der Waals surface area (Å²) in [6.07, 6.45) is 0. The van der Waals surface area contributed by atoms with Crippen molar-refractivity contribution in [1.82, 2.24) is 0 Å². The molecule has 1 amide bonds. The average Bonchev–Trinajstić information content (AvgIpc) is 3.08. The number of carbonyl (C=O) groups is 1. The summed E-state index contributed by atoms with van der Waals surface area (Å²) in [5, 5.41) is 4.88. The molecule has 0 fully saturated rings. The summed E-state index contributed by atoms with van der Waals surface area (Å²) in [4.78, 5) is 13.2. The molecule has 0 saturated carbocycles. The average molecular weight is 381 g/mol. The summed E-state index contributed by atoms with van der Waals surface area (Å²) in [6.45, 7) is 6.50. The molecular formula is C22H23NO3S. The maximum absolute atomic E-state index is 12.6. The molecule has 0 atom stereocenters. The second-order valence-corrected chi connectivity index (χ2v) is 7.50. The number of methoxy groups -OCH3 is 1. The van der Waals surface area contributed by atoms with E-state index >= 15 is 0 Å². The van der Waals surface area contributed by atoms with Crippen LogP contribution in [0.15, 0.2) is 47.8 Å². The second-order valence-electron chi connectivity index (χ2n) is 6.59. The predicted molar refractivity (Wildman–Crippen MR) is 110 cm³/mol. The van der Waals surface area contributed by atoms with Crippen LogP contribution >= 0.6 is 11.3 Å². The van der Waals surface area contributed by atoms with Gasteiger partial charge in [0.1, 0.15) is 18.1 Å². The Morgan fingerprint density at radius 3 is 2.44 bits per heavy atom. The van der Waals surface area contributed by atoms with Crippen LogP contribution in [0.1, 0.15) is 31.9 Å². The van der Waals surface area contributed by atoms with Crippen molar-refractivity contribution in [2.45, 2.75) is 27.4 Å². The molecular weight excluding hydrogens is 358 g/mol. The molecule has 0 aliphatic rings. The number of thiophene rings is 1. The zero-order valence-electron chi connectivity index (χ0n) is 16.0. The van der Waals surface area contributed by atoms with Crippen molar-refractivity contribution in [2.24, 2.45) is 0 Å². The van der Waals surface area contributed by atoms with Gasteiger partial charge in [0.2, 0.25) is 0 Å². The molecule has 0 aliphatic heterocycles. The van der Waals surface area contributed by atoms with E-state index in [4.69, 9.17) is 9.47 Å². The lowest BCUT2D eigenvalue weighted by molar-refractivity contribution is 0.103. The Labute approximate surface area is 163 Å². The topological polar surface area (TPSA) is 47.6 Å². The summed E-state index contributed by atoms with van der Waals surface area (Å²) >= 11 is 1.40. The van der Waals surface area contributed by atoms with Crippen LogP contribution < -0.4 is 14.8 Å². The zero-order valence-corrected chi connectivity index (χ0v) is 16.8. The van der Waals surface area contributed by atoms with Crippen LogP contribution in [0.5, 0.6) is 11.5 Å². The van der Waals surface area contributed by atoms with Gasteiger partial charge in [-0.05, 0) is 73.2 Å². The first kappa shape index (κ1) is 19.0. The van der Waals surface area contributed by atoms with Gasteiger partial charge in [0.15, 0.2) is 0 Å². The highest BCUT2D eigenvalue weighted by Crippen LogP contribution is 2.27. The highest BCUT2D eigenvalue weighted by Gasteiger charge is 2.13. The third-order valence-electron chi connectivity index (χ3n) is 4.08. The molecule has 3 aromatic rings. The second kappa shape index (κ2) is 8.27. The van der Waals surface area contributed by atoms with E-state index in [1.807, 2.05) is 62.5 Å². The van der Waals surface area contributed by atoms with E-state index in [-0.39, 0.29) is 5.91 Å². The molecule has 4 nitrogen and oxygen atoms in total. The summed E-state index contributed by atoms with van der Waals surface area (Å²) in [6, 6.07) is 13.7. The van der Waals surface area contributed by atoms with Crippen LogP contribution in [0, 0.1) is 20.8 Å². The molecule has 2 aromatic carbocycles. The Morgan fingerprint density at radius 1 is 1.00 bits per heavy atom. The Balaban J connectivity index is 1.66. The quantitative estimate of drug-likeness (QED) is 0.612. The van der Waals surface area contributed by atoms with Gasteiger partial charge in [0.05, 0.1) is 17.7 Å². The van der Waals surface area contributed by atoms with E-state index in [9.17, 15) is 4.79 Å². The predicted octanol–water partition coefficient (Wildman–Crippen LogP) is 5.51. The highest BCUT2D eigenvalue weighted by atomic mass is 32.1. The molecule has 0 saturated heterocycles. The van der Waals surface area contributed by atoms with Crippen molar-refractivity contribution in [3.05, 3.63) is 75.0 Å². The van der Waals surface area contributed by atoms with Crippen molar-refractivity contribution in [1.29, 1.82) is 0 Å². The smallest absolute Gasteiger partial charge is 0.265 e. The van der Waals surface area contributed by atoms with Gasteiger partial charge in [-0.25, -0.2) is 0 Å². The Morgan fingerprint density at radius 2 is 1.74 bits per heavy atom. The third-order valence-corrected chi connectivity index (χ3v) is 5.06. The van der Waals surface area contributed by atoms with Crippen molar-refractivity contribution >= 4 is 22.9 Å². The standard InChI is InChI=1S/C22H23NO3S/c1-14-5-6-20(25-4)19(10-14)23-22(24)21-11-17(13-27-21)12-26-18-8-15(2)7-16(3)9-18/h5-11,13H,12H2,1-4H3,(H,23,24). The molecule has 0 radical (unpaired) electrons. The van der Waals surface area contributed by atoms with Crippen molar-refractivity contribution in [2.75, 3.05) is 12.4 Å². The minimum Gasteiger partial charge on any atom is -0.495 e. The Kier molecular flexibility index (Phi) is 5.81. The molecule has 140 valence electrons. The normalized spacial score (nSPS) is 10.5. The molecule has 27 heavy (non-hydrogen) atoms. The maximum Gasteiger partial charge on any atom is 0.265 e. The van der Waals surface area contributed by atoms with E-state index in [1.54, 1.807) is 7.11 Å². The first-order chi connectivity index (χ1) is 12.9. The molecule has 1 aromatic heterocycles. The number of nitrogens with one attached hydrogen (secondary N) is 1. The van der Waals surface area contributed by atoms with E-state index in [0.717, 1.165) is 16.9 Å². The minimum atomic E-state index is -0.151. The van der Waals surface area contributed by atoms with Crippen molar-refractivity contribution < 1.29 is 14.3 Å². The lowest BCUT2D eigenvalue weighted by Gasteiger charge is -2.10. The number of amides is 1. The van der Waals surface area contributed by atoms with Gasteiger partial charge in [-0.3, -0.25) is 4.79 Å². The molecule has 0 bridgehead atoms. The number of aryl methyl sites for hydroxylation is 3. The fourth-order valence-corrected chi connectivity index (χ4v) is 3.65. The number of anilines is 1. The van der Waals surface area contributed by atoms with Gasteiger partial charge < -0.3 is 14.8 Å². The molecule has 1 N–H and O–H groups in total. The molecule has 0 aliphatic carbocycles. The van der Waals surface area contributed by atoms with E-state index in [0.29, 0.717) is 22.9 Å². The molecule has 0 unspecified atom stereocenters. The number of carbonyl (C=O) groups excluding carboxylic acids is 1. The van der Waals surface area contributed by atoms with Crippen LogP contribution in [0.2, 0.25) is 0 Å². The van der Waals surface area contributed by atoms with Crippen LogP contribution in [0.25, 0.3) is 0 Å². The SMILES string of the molecule is COc1ccc(C)cc1NC(=O)c1cc(COc2cc(C)cc(C)c2)cs1. The fraction of sp³-hybridized carbons (Fsp3) is 0.227. The van der Waals surface area contributed by atoms with Gasteiger partial charge in [0.25, 0.3) is 5.91 Å². The van der Waals surface area contributed by atoms with Gasteiger partial charge in [-0.2, -0.15) is 0 Å². The first-order valence-corrected chi connectivity index (χ1v) is 9.57. The molecule has 0 spiro atoms. The lowest BCUT2D eigenvalue weighted by Crippen LogP contribution is -2.11. The van der Waals surface area contributed by atoms with E-state index < -0.39 is 0 Å². The largest absolute Gasteiger partial charge is 0.495 e. The minimum absolute atomic E-state index is 0.151. The van der Waals surface area contributed by atoms with Crippen molar-refractivity contribution in [3.8, 4) is 11.5 Å². The summed E-state index contributed by atoms with van der Waals surface area (Å²) < 4.78 is 11.2. The monoisotopic (exact) mass is 381 g/mol. The van der Waals surface area contributed by atoms with Gasteiger partial charge >= 0.3 is 0 Å². The fourth-order valence-electron chi connectivity index (χ4n) is 2.86. The number of hydrogen-bond acceptors (Lipinski definition) is 4. The summed E-state index contributed by atoms with van der Waals surface area (Å²) in [5.74, 6) is 1.33. The van der Waals surface area contributed by atoms with Crippen LogP contribution in [0.4, 0.5) is 5.69 Å². The number of rotatable bonds is 6. The van der Waals surface area contributed by atoms with Gasteiger partial charge in [-0.1, -0.05) is 12.1 Å². The Hall–Kier alpha value is -2.79. The maximum atomic E-state index is 12.6. The number of hydrogen-bond donors (Lipinski definition) is 1. The molecule has 3 rings (SSSR count).